The van der Waals surface area contributed by atoms with Gasteiger partial charge in [0.1, 0.15) is 6.04 Å². The number of nitrogens with zero attached hydrogens (tertiary/aromatic N) is 3. The molecule has 0 radical (unpaired) electrons. The van der Waals surface area contributed by atoms with Crippen LogP contribution in [0.2, 0.25) is 0 Å². The Morgan fingerprint density at radius 1 is 1.43 bits per heavy atom. The normalized spacial score (nSPS) is 22.4. The predicted molar refractivity (Wildman–Crippen MR) is 83.4 cm³/mol. The molecule has 1 aromatic rings. The van der Waals surface area contributed by atoms with E-state index in [0.717, 1.165) is 36.0 Å². The van der Waals surface area contributed by atoms with Crippen LogP contribution >= 0.6 is 11.8 Å². The molecule has 1 amide bonds. The molecule has 0 spiro atoms. The topological polar surface area (TPSA) is 59.4 Å². The number of thioether (sulfide) groups is 1. The van der Waals surface area contributed by atoms with Crippen LogP contribution in [0.1, 0.15) is 0 Å². The van der Waals surface area contributed by atoms with Gasteiger partial charge in [-0.05, 0) is 12.1 Å². The number of para-hydroxylation sites is 1. The molecule has 6 heteroatoms. The molecule has 0 aromatic heterocycles. The second-order valence-electron chi connectivity index (χ2n) is 5.18. The van der Waals surface area contributed by atoms with Crippen molar-refractivity contribution in [2.45, 2.75) is 10.9 Å². The van der Waals surface area contributed by atoms with E-state index in [1.165, 1.54) is 0 Å². The predicted octanol–water partition coefficient (Wildman–Crippen LogP) is 0.923. The summed E-state index contributed by atoms with van der Waals surface area (Å²) in [6, 6.07) is 10.1. The number of carbonyl (C=O) groups is 1. The second-order valence-corrected chi connectivity index (χ2v) is 6.32. The molecule has 21 heavy (non-hydrogen) atoms. The van der Waals surface area contributed by atoms with Gasteiger partial charge in [0.05, 0.1) is 18.3 Å². The Morgan fingerprint density at radius 2 is 2.29 bits per heavy atom. The molecular formula is C15H18N4OS. The Hall–Kier alpha value is -1.55. The van der Waals surface area contributed by atoms with Crippen molar-refractivity contribution in [3.8, 4) is 6.07 Å². The lowest BCUT2D eigenvalue weighted by Gasteiger charge is -2.34. The fourth-order valence-corrected chi connectivity index (χ4v) is 3.75. The molecule has 1 saturated heterocycles. The van der Waals surface area contributed by atoms with Gasteiger partial charge in [-0.3, -0.25) is 9.69 Å². The number of hydrogen-bond acceptors (Lipinski definition) is 5. The summed E-state index contributed by atoms with van der Waals surface area (Å²) in [7, 11) is 0. The van der Waals surface area contributed by atoms with Crippen molar-refractivity contribution in [2.75, 3.05) is 43.4 Å². The van der Waals surface area contributed by atoms with Crippen LogP contribution in [0.5, 0.6) is 0 Å². The Bertz CT molecular complexity index is 571. The van der Waals surface area contributed by atoms with Gasteiger partial charge in [0.15, 0.2) is 0 Å². The van der Waals surface area contributed by atoms with E-state index < -0.39 is 0 Å². The second kappa shape index (κ2) is 6.48. The maximum absolute atomic E-state index is 12.6. The molecule has 0 aliphatic carbocycles. The average Bonchev–Trinajstić information content (AvgIpc) is 2.54. The molecule has 0 saturated carbocycles. The molecule has 2 heterocycles. The Kier molecular flexibility index (Phi) is 4.44. The lowest BCUT2D eigenvalue weighted by atomic mass is 10.2. The van der Waals surface area contributed by atoms with Gasteiger partial charge in [-0.25, -0.2) is 0 Å². The first kappa shape index (κ1) is 14.4. The molecule has 1 unspecified atom stereocenters. The van der Waals surface area contributed by atoms with E-state index in [1.807, 2.05) is 28.0 Å². The Balaban J connectivity index is 1.73. The van der Waals surface area contributed by atoms with E-state index in [4.69, 9.17) is 0 Å². The highest BCUT2D eigenvalue weighted by atomic mass is 32.2. The summed E-state index contributed by atoms with van der Waals surface area (Å²) in [6.45, 7) is 3.27. The molecule has 110 valence electrons. The molecule has 2 aliphatic rings. The van der Waals surface area contributed by atoms with Crippen LogP contribution in [-0.2, 0) is 4.79 Å². The first-order valence-electron chi connectivity index (χ1n) is 7.16. The standard InChI is InChI=1S/C15H18N4OS/c16-9-12-10-17-5-6-18(12)11-15(20)19-7-8-21-14-4-2-1-3-13(14)19/h1-4,12,17H,5-8,10-11H2. The van der Waals surface area contributed by atoms with Gasteiger partial charge in [-0.1, -0.05) is 12.1 Å². The summed E-state index contributed by atoms with van der Waals surface area (Å²) in [5, 5.41) is 12.4. The minimum atomic E-state index is -0.211. The summed E-state index contributed by atoms with van der Waals surface area (Å²) in [4.78, 5) is 17.6. The van der Waals surface area contributed by atoms with Gasteiger partial charge in [0.2, 0.25) is 5.91 Å². The third-order valence-corrected chi connectivity index (χ3v) is 4.91. The SMILES string of the molecule is N#CC1CNCCN1CC(=O)N1CCSc2ccccc21. The minimum Gasteiger partial charge on any atom is -0.313 e. The zero-order valence-electron chi connectivity index (χ0n) is 11.8. The number of anilines is 1. The van der Waals surface area contributed by atoms with Crippen LogP contribution in [0.25, 0.3) is 0 Å². The first-order valence-corrected chi connectivity index (χ1v) is 8.15. The molecule has 3 rings (SSSR count). The van der Waals surface area contributed by atoms with Crippen molar-refractivity contribution < 1.29 is 4.79 Å². The smallest absolute Gasteiger partial charge is 0.241 e. The van der Waals surface area contributed by atoms with E-state index in [9.17, 15) is 10.1 Å². The number of hydrogen-bond donors (Lipinski definition) is 1. The zero-order valence-corrected chi connectivity index (χ0v) is 12.6. The maximum atomic E-state index is 12.6. The molecule has 5 nitrogen and oxygen atoms in total. The number of benzene rings is 1. The maximum Gasteiger partial charge on any atom is 0.241 e. The lowest BCUT2D eigenvalue weighted by molar-refractivity contribution is -0.120. The molecule has 2 aliphatic heterocycles. The highest BCUT2D eigenvalue weighted by Crippen LogP contribution is 2.34. The van der Waals surface area contributed by atoms with Gasteiger partial charge < -0.3 is 10.2 Å². The minimum absolute atomic E-state index is 0.0879. The molecule has 1 aromatic carbocycles. The van der Waals surface area contributed by atoms with Crippen molar-refractivity contribution in [2.24, 2.45) is 0 Å². The largest absolute Gasteiger partial charge is 0.313 e. The lowest BCUT2D eigenvalue weighted by Crippen LogP contribution is -2.54. The van der Waals surface area contributed by atoms with Crippen molar-refractivity contribution in [3.63, 3.8) is 0 Å². The number of piperazine rings is 1. The fraction of sp³-hybridized carbons (Fsp3) is 0.467. The van der Waals surface area contributed by atoms with Gasteiger partial charge >= 0.3 is 0 Å². The van der Waals surface area contributed by atoms with Gasteiger partial charge in [-0.15, -0.1) is 11.8 Å². The van der Waals surface area contributed by atoms with Crippen LogP contribution in [0.15, 0.2) is 29.2 Å². The monoisotopic (exact) mass is 302 g/mol. The van der Waals surface area contributed by atoms with E-state index in [0.29, 0.717) is 13.1 Å². The highest BCUT2D eigenvalue weighted by molar-refractivity contribution is 7.99. The van der Waals surface area contributed by atoms with Crippen LogP contribution in [0.4, 0.5) is 5.69 Å². The molecular weight excluding hydrogens is 284 g/mol. The summed E-state index contributed by atoms with van der Waals surface area (Å²) in [5.74, 6) is 1.01. The fourth-order valence-electron chi connectivity index (χ4n) is 2.75. The van der Waals surface area contributed by atoms with Gasteiger partial charge in [0.25, 0.3) is 0 Å². The van der Waals surface area contributed by atoms with Crippen LogP contribution < -0.4 is 10.2 Å². The van der Waals surface area contributed by atoms with E-state index in [1.54, 1.807) is 11.8 Å². The summed E-state index contributed by atoms with van der Waals surface area (Å²) < 4.78 is 0. The van der Waals surface area contributed by atoms with Crippen molar-refractivity contribution in [1.29, 1.82) is 5.26 Å². The molecule has 0 bridgehead atoms. The summed E-state index contributed by atoms with van der Waals surface area (Å²) >= 11 is 1.79. The molecule has 1 N–H and O–H groups in total. The summed E-state index contributed by atoms with van der Waals surface area (Å²) in [6.07, 6.45) is 0. The van der Waals surface area contributed by atoms with Crippen molar-refractivity contribution >= 4 is 23.4 Å². The number of carbonyl (C=O) groups excluding carboxylic acids is 1. The number of fused-ring (bicyclic) bond motifs is 1. The van der Waals surface area contributed by atoms with E-state index in [2.05, 4.69) is 17.5 Å². The van der Waals surface area contributed by atoms with Crippen molar-refractivity contribution in [1.82, 2.24) is 10.2 Å². The number of nitriles is 1. The number of nitrogens with one attached hydrogen (secondary N) is 1. The third kappa shape index (κ3) is 3.05. The quantitative estimate of drug-likeness (QED) is 0.880. The zero-order chi connectivity index (χ0) is 14.7. The third-order valence-electron chi connectivity index (χ3n) is 3.87. The van der Waals surface area contributed by atoms with Crippen LogP contribution in [0.3, 0.4) is 0 Å². The Labute approximate surface area is 128 Å². The Morgan fingerprint density at radius 3 is 3.14 bits per heavy atom. The van der Waals surface area contributed by atoms with E-state index >= 15 is 0 Å². The van der Waals surface area contributed by atoms with Gasteiger partial charge in [0, 0.05) is 36.8 Å². The highest BCUT2D eigenvalue weighted by Gasteiger charge is 2.28. The summed E-state index contributed by atoms with van der Waals surface area (Å²) in [5.41, 5.74) is 1.00. The number of rotatable bonds is 2. The average molecular weight is 302 g/mol. The van der Waals surface area contributed by atoms with Crippen LogP contribution in [0, 0.1) is 11.3 Å². The first-order chi connectivity index (χ1) is 10.3. The van der Waals surface area contributed by atoms with E-state index in [-0.39, 0.29) is 11.9 Å². The van der Waals surface area contributed by atoms with Crippen molar-refractivity contribution in [3.05, 3.63) is 24.3 Å². The number of amides is 1. The van der Waals surface area contributed by atoms with Crippen LogP contribution in [-0.4, -0.2) is 55.3 Å². The molecule has 1 fully saturated rings. The van der Waals surface area contributed by atoms with Gasteiger partial charge in [-0.2, -0.15) is 5.26 Å². The molecule has 1 atom stereocenters.